The van der Waals surface area contributed by atoms with Crippen molar-refractivity contribution >= 4 is 27.3 Å². The van der Waals surface area contributed by atoms with Crippen LogP contribution in [0.25, 0.3) is 0 Å². The number of carbonyl (C=O) groups excluding carboxylic acids is 1. The lowest BCUT2D eigenvalue weighted by molar-refractivity contribution is -0.116. The topological polar surface area (TPSA) is 106 Å². The number of nitrogens with zero attached hydrogens (tertiary/aromatic N) is 1. The van der Waals surface area contributed by atoms with Crippen molar-refractivity contribution in [1.82, 2.24) is 4.31 Å². The molecule has 2 aromatic rings. The van der Waals surface area contributed by atoms with Gasteiger partial charge < -0.3 is 24.8 Å². The van der Waals surface area contributed by atoms with Crippen molar-refractivity contribution in [1.29, 1.82) is 0 Å². The molecule has 4 rings (SSSR count). The molecule has 1 atom stereocenters. The van der Waals surface area contributed by atoms with Gasteiger partial charge in [0.25, 0.3) is 0 Å². The first-order valence-corrected chi connectivity index (χ1v) is 12.0. The second-order valence-corrected chi connectivity index (χ2v) is 9.55. The molecular weight excluding hydrogens is 434 g/mol. The number of anilines is 2. The maximum Gasteiger partial charge on any atom is 0.246 e. The predicted octanol–water partition coefficient (Wildman–Crippen LogP) is 2.31. The van der Waals surface area contributed by atoms with Gasteiger partial charge in [-0.1, -0.05) is 0 Å². The normalized spacial score (nSPS) is 17.8. The molecule has 2 aliphatic heterocycles. The Hall–Kier alpha value is -2.82. The first kappa shape index (κ1) is 22.4. The van der Waals surface area contributed by atoms with Gasteiger partial charge in [-0.05, 0) is 43.3 Å². The number of morpholine rings is 1. The number of hydrogen-bond donors (Lipinski definition) is 2. The van der Waals surface area contributed by atoms with Crippen LogP contribution in [0.1, 0.15) is 13.3 Å². The van der Waals surface area contributed by atoms with E-state index in [4.69, 9.17) is 14.2 Å². The summed E-state index contributed by atoms with van der Waals surface area (Å²) in [6, 6.07) is 11.1. The molecular formula is C22H27N3O6S. The molecule has 2 heterocycles. The van der Waals surface area contributed by atoms with Crippen LogP contribution in [0.15, 0.2) is 47.4 Å². The third-order valence-corrected chi connectivity index (χ3v) is 7.17. The Morgan fingerprint density at radius 3 is 2.31 bits per heavy atom. The summed E-state index contributed by atoms with van der Waals surface area (Å²) in [5.74, 6) is 1.09. The number of nitrogens with one attached hydrogen (secondary N) is 2. The standard InChI is InChI=1S/C22H27N3O6S/c1-16(23-18-5-8-20-21(15-18)31-12-2-11-30-20)22(26)24-17-3-6-19(7-4-17)32(27,28)25-9-13-29-14-10-25/h3-8,15-16,23H,2,9-14H2,1H3,(H,24,26)/t16-/m1/s1. The molecule has 2 aliphatic rings. The Bertz CT molecular complexity index is 1050. The van der Waals surface area contributed by atoms with Crippen LogP contribution in [0.3, 0.4) is 0 Å². The van der Waals surface area contributed by atoms with Crippen molar-refractivity contribution in [2.45, 2.75) is 24.3 Å². The zero-order valence-electron chi connectivity index (χ0n) is 17.9. The largest absolute Gasteiger partial charge is 0.490 e. The molecule has 0 saturated carbocycles. The Balaban J connectivity index is 1.37. The molecule has 2 aromatic carbocycles. The molecule has 2 N–H and O–H groups in total. The quantitative estimate of drug-likeness (QED) is 0.680. The van der Waals surface area contributed by atoms with Gasteiger partial charge in [-0.2, -0.15) is 4.31 Å². The first-order chi connectivity index (χ1) is 15.4. The zero-order valence-corrected chi connectivity index (χ0v) is 18.7. The summed E-state index contributed by atoms with van der Waals surface area (Å²) in [5, 5.41) is 5.96. The van der Waals surface area contributed by atoms with Gasteiger partial charge in [-0.3, -0.25) is 4.79 Å². The molecule has 172 valence electrons. The van der Waals surface area contributed by atoms with Crippen molar-refractivity contribution in [3.05, 3.63) is 42.5 Å². The third-order valence-electron chi connectivity index (χ3n) is 5.25. The van der Waals surface area contributed by atoms with E-state index in [1.165, 1.54) is 16.4 Å². The van der Waals surface area contributed by atoms with E-state index >= 15 is 0 Å². The van der Waals surface area contributed by atoms with E-state index in [0.29, 0.717) is 56.7 Å². The van der Waals surface area contributed by atoms with Gasteiger partial charge in [-0.15, -0.1) is 0 Å². The van der Waals surface area contributed by atoms with Gasteiger partial charge in [0.15, 0.2) is 11.5 Å². The highest BCUT2D eigenvalue weighted by atomic mass is 32.2. The molecule has 1 amide bonds. The van der Waals surface area contributed by atoms with Crippen LogP contribution >= 0.6 is 0 Å². The molecule has 10 heteroatoms. The van der Waals surface area contributed by atoms with E-state index in [1.807, 2.05) is 18.2 Å². The fraction of sp³-hybridized carbons (Fsp3) is 0.409. The molecule has 0 bridgehead atoms. The maximum atomic E-state index is 12.7. The van der Waals surface area contributed by atoms with Gasteiger partial charge in [0.2, 0.25) is 15.9 Å². The molecule has 0 spiro atoms. The van der Waals surface area contributed by atoms with Crippen molar-refractivity contribution < 1.29 is 27.4 Å². The number of carbonyl (C=O) groups is 1. The van der Waals surface area contributed by atoms with Gasteiger partial charge in [0.05, 0.1) is 31.3 Å². The monoisotopic (exact) mass is 461 g/mol. The lowest BCUT2D eigenvalue weighted by atomic mass is 10.2. The number of hydrogen-bond acceptors (Lipinski definition) is 7. The Morgan fingerprint density at radius 2 is 1.59 bits per heavy atom. The summed E-state index contributed by atoms with van der Waals surface area (Å²) in [6.07, 6.45) is 0.822. The number of benzene rings is 2. The van der Waals surface area contributed by atoms with Crippen molar-refractivity contribution in [3.8, 4) is 11.5 Å². The zero-order chi connectivity index (χ0) is 22.6. The van der Waals surface area contributed by atoms with Crippen LogP contribution in [0.5, 0.6) is 11.5 Å². The van der Waals surface area contributed by atoms with Crippen molar-refractivity contribution in [2.75, 3.05) is 50.2 Å². The van der Waals surface area contributed by atoms with E-state index in [0.717, 1.165) is 12.1 Å². The highest BCUT2D eigenvalue weighted by Crippen LogP contribution is 2.32. The lowest BCUT2D eigenvalue weighted by Crippen LogP contribution is -2.40. The molecule has 9 nitrogen and oxygen atoms in total. The number of rotatable bonds is 6. The van der Waals surface area contributed by atoms with E-state index in [9.17, 15) is 13.2 Å². The lowest BCUT2D eigenvalue weighted by Gasteiger charge is -2.26. The molecule has 0 aromatic heterocycles. The summed E-state index contributed by atoms with van der Waals surface area (Å²) < 4.78 is 43.4. The first-order valence-electron chi connectivity index (χ1n) is 10.6. The van der Waals surface area contributed by atoms with Crippen molar-refractivity contribution in [2.24, 2.45) is 0 Å². The minimum atomic E-state index is -3.57. The van der Waals surface area contributed by atoms with Gasteiger partial charge in [-0.25, -0.2) is 8.42 Å². The van der Waals surface area contributed by atoms with Crippen LogP contribution in [-0.4, -0.2) is 64.2 Å². The molecule has 1 fully saturated rings. The smallest absolute Gasteiger partial charge is 0.246 e. The predicted molar refractivity (Wildman–Crippen MR) is 120 cm³/mol. The van der Waals surface area contributed by atoms with E-state index < -0.39 is 16.1 Å². The molecule has 0 unspecified atom stereocenters. The molecule has 32 heavy (non-hydrogen) atoms. The van der Waals surface area contributed by atoms with Gasteiger partial charge in [0, 0.05) is 37.0 Å². The number of sulfonamides is 1. The van der Waals surface area contributed by atoms with Crippen LogP contribution in [-0.2, 0) is 19.6 Å². The minimum absolute atomic E-state index is 0.191. The maximum absolute atomic E-state index is 12.7. The highest BCUT2D eigenvalue weighted by Gasteiger charge is 2.26. The number of fused-ring (bicyclic) bond motifs is 1. The second kappa shape index (κ2) is 9.76. The average molecular weight is 462 g/mol. The van der Waals surface area contributed by atoms with Crippen LogP contribution in [0.4, 0.5) is 11.4 Å². The Kier molecular flexibility index (Phi) is 6.83. The van der Waals surface area contributed by atoms with E-state index in [-0.39, 0.29) is 10.8 Å². The SMILES string of the molecule is C[C@@H](Nc1ccc2c(c1)OCCCO2)C(=O)Nc1ccc(S(=O)(=O)N2CCOCC2)cc1. The molecule has 1 saturated heterocycles. The summed E-state index contributed by atoms with van der Waals surface area (Å²) in [6.45, 7) is 4.40. The number of amides is 1. The van der Waals surface area contributed by atoms with E-state index in [1.54, 1.807) is 19.1 Å². The van der Waals surface area contributed by atoms with Crippen LogP contribution in [0, 0.1) is 0 Å². The van der Waals surface area contributed by atoms with Crippen molar-refractivity contribution in [3.63, 3.8) is 0 Å². The average Bonchev–Trinajstić information content (AvgIpc) is 3.05. The van der Waals surface area contributed by atoms with Gasteiger partial charge in [0.1, 0.15) is 6.04 Å². The summed E-state index contributed by atoms with van der Waals surface area (Å²) in [7, 11) is -3.57. The number of ether oxygens (including phenoxy) is 3. The highest BCUT2D eigenvalue weighted by molar-refractivity contribution is 7.89. The third kappa shape index (κ3) is 5.14. The summed E-state index contributed by atoms with van der Waals surface area (Å²) in [4.78, 5) is 12.8. The van der Waals surface area contributed by atoms with E-state index in [2.05, 4.69) is 10.6 Å². The van der Waals surface area contributed by atoms with Crippen LogP contribution in [0.2, 0.25) is 0 Å². The molecule has 0 aliphatic carbocycles. The fourth-order valence-electron chi connectivity index (χ4n) is 3.47. The van der Waals surface area contributed by atoms with Gasteiger partial charge >= 0.3 is 0 Å². The Morgan fingerprint density at radius 1 is 0.938 bits per heavy atom. The van der Waals surface area contributed by atoms with Crippen LogP contribution < -0.4 is 20.1 Å². The molecule has 0 radical (unpaired) electrons. The summed E-state index contributed by atoms with van der Waals surface area (Å²) in [5.41, 5.74) is 1.26. The fourth-order valence-corrected chi connectivity index (χ4v) is 4.87. The Labute approximate surface area is 187 Å². The minimum Gasteiger partial charge on any atom is -0.490 e. The summed E-state index contributed by atoms with van der Waals surface area (Å²) >= 11 is 0. The second-order valence-electron chi connectivity index (χ2n) is 7.61.